The molecule has 2 unspecified atom stereocenters. The van der Waals surface area contributed by atoms with Crippen molar-refractivity contribution < 1.29 is 0 Å². The second-order valence-electron chi connectivity index (χ2n) is 5.13. The number of H-pyrrole nitrogens is 1. The molecule has 15 heavy (non-hydrogen) atoms. The molecule has 2 aliphatic rings. The van der Waals surface area contributed by atoms with Gasteiger partial charge in [-0.25, -0.2) is 0 Å². The first-order valence-corrected chi connectivity index (χ1v) is 6.10. The summed E-state index contributed by atoms with van der Waals surface area (Å²) in [5, 5.41) is 7.74. The highest BCUT2D eigenvalue weighted by Gasteiger charge is 2.35. The monoisotopic (exact) mass is 205 g/mol. The Morgan fingerprint density at radius 1 is 1.40 bits per heavy atom. The van der Waals surface area contributed by atoms with E-state index in [2.05, 4.69) is 17.1 Å². The van der Waals surface area contributed by atoms with Gasteiger partial charge in [-0.15, -0.1) is 0 Å². The molecule has 0 aromatic carbocycles. The van der Waals surface area contributed by atoms with Crippen LogP contribution in [0.15, 0.2) is 0 Å². The van der Waals surface area contributed by atoms with Gasteiger partial charge < -0.3 is 5.73 Å². The van der Waals surface area contributed by atoms with E-state index in [-0.39, 0.29) is 6.04 Å². The maximum Gasteiger partial charge on any atom is 0.0691 e. The summed E-state index contributed by atoms with van der Waals surface area (Å²) < 4.78 is 0. The van der Waals surface area contributed by atoms with Crippen LogP contribution < -0.4 is 5.73 Å². The Labute approximate surface area is 90.4 Å². The number of hydrogen-bond acceptors (Lipinski definition) is 2. The molecule has 1 aromatic heterocycles. The van der Waals surface area contributed by atoms with Crippen molar-refractivity contribution >= 4 is 0 Å². The molecule has 1 saturated carbocycles. The third-order valence-electron chi connectivity index (χ3n) is 3.82. The Morgan fingerprint density at radius 2 is 2.20 bits per heavy atom. The lowest BCUT2D eigenvalue weighted by Gasteiger charge is -2.26. The quantitative estimate of drug-likeness (QED) is 0.776. The molecule has 1 aromatic rings. The predicted octanol–water partition coefficient (Wildman–Crippen LogP) is 2.05. The molecular formula is C12H19N3. The highest BCUT2D eigenvalue weighted by atomic mass is 15.1. The third-order valence-corrected chi connectivity index (χ3v) is 3.82. The standard InChI is InChI=1S/C12H19N3/c1-7(13)9-3-2-4-10-11(9)12(15-14-10)8-5-6-8/h7-9H,2-6,13H2,1H3,(H,14,15). The number of aryl methyl sites for hydroxylation is 1. The molecule has 3 rings (SSSR count). The van der Waals surface area contributed by atoms with Crippen LogP contribution in [-0.2, 0) is 6.42 Å². The molecule has 0 amide bonds. The zero-order valence-corrected chi connectivity index (χ0v) is 9.29. The van der Waals surface area contributed by atoms with Crippen LogP contribution in [0.5, 0.6) is 0 Å². The minimum absolute atomic E-state index is 0.263. The zero-order valence-electron chi connectivity index (χ0n) is 9.29. The molecule has 2 aliphatic carbocycles. The van der Waals surface area contributed by atoms with Crippen molar-refractivity contribution in [2.45, 2.75) is 56.9 Å². The summed E-state index contributed by atoms with van der Waals surface area (Å²) in [4.78, 5) is 0. The molecule has 1 fully saturated rings. The Balaban J connectivity index is 2.02. The van der Waals surface area contributed by atoms with E-state index in [1.807, 2.05) is 0 Å². The number of nitrogens with one attached hydrogen (secondary N) is 1. The fourth-order valence-corrected chi connectivity index (χ4v) is 2.84. The number of fused-ring (bicyclic) bond motifs is 1. The SMILES string of the molecule is CC(N)C1CCCc2[nH]nc(C3CC3)c21. The van der Waals surface area contributed by atoms with Crippen molar-refractivity contribution in [1.82, 2.24) is 10.2 Å². The van der Waals surface area contributed by atoms with Crippen LogP contribution in [0.3, 0.4) is 0 Å². The first kappa shape index (κ1) is 9.40. The van der Waals surface area contributed by atoms with Crippen LogP contribution in [-0.4, -0.2) is 16.2 Å². The van der Waals surface area contributed by atoms with Crippen molar-refractivity contribution in [3.05, 3.63) is 17.0 Å². The van der Waals surface area contributed by atoms with Crippen molar-refractivity contribution in [2.75, 3.05) is 0 Å². The van der Waals surface area contributed by atoms with Gasteiger partial charge in [-0.05, 0) is 39.0 Å². The van der Waals surface area contributed by atoms with E-state index in [4.69, 9.17) is 5.73 Å². The molecule has 3 N–H and O–H groups in total. The van der Waals surface area contributed by atoms with Gasteiger partial charge in [-0.1, -0.05) is 0 Å². The van der Waals surface area contributed by atoms with Crippen LogP contribution in [0.2, 0.25) is 0 Å². The molecule has 3 nitrogen and oxygen atoms in total. The number of aromatic amines is 1. The largest absolute Gasteiger partial charge is 0.327 e. The molecule has 0 aliphatic heterocycles. The fourth-order valence-electron chi connectivity index (χ4n) is 2.84. The van der Waals surface area contributed by atoms with Gasteiger partial charge in [-0.2, -0.15) is 5.10 Å². The summed E-state index contributed by atoms with van der Waals surface area (Å²) in [6, 6.07) is 0.263. The van der Waals surface area contributed by atoms with Gasteiger partial charge in [0.05, 0.1) is 5.69 Å². The molecule has 0 bridgehead atoms. The minimum Gasteiger partial charge on any atom is -0.327 e. The summed E-state index contributed by atoms with van der Waals surface area (Å²) >= 11 is 0. The van der Waals surface area contributed by atoms with E-state index in [0.717, 1.165) is 12.3 Å². The minimum atomic E-state index is 0.263. The van der Waals surface area contributed by atoms with E-state index < -0.39 is 0 Å². The van der Waals surface area contributed by atoms with Crippen LogP contribution in [0.4, 0.5) is 0 Å². The van der Waals surface area contributed by atoms with Gasteiger partial charge in [0.2, 0.25) is 0 Å². The normalized spacial score (nSPS) is 27.5. The zero-order chi connectivity index (χ0) is 10.4. The molecule has 82 valence electrons. The summed E-state index contributed by atoms with van der Waals surface area (Å²) in [6.07, 6.45) is 6.31. The average molecular weight is 205 g/mol. The van der Waals surface area contributed by atoms with Crippen LogP contribution in [0.1, 0.15) is 61.4 Å². The van der Waals surface area contributed by atoms with E-state index in [9.17, 15) is 0 Å². The Kier molecular flexibility index (Phi) is 2.09. The highest BCUT2D eigenvalue weighted by molar-refractivity contribution is 5.36. The van der Waals surface area contributed by atoms with Gasteiger partial charge in [0.1, 0.15) is 0 Å². The Bertz CT molecular complexity index is 363. The van der Waals surface area contributed by atoms with Crippen LogP contribution in [0, 0.1) is 0 Å². The number of nitrogens with zero attached hydrogens (tertiary/aromatic N) is 1. The van der Waals surface area contributed by atoms with Crippen LogP contribution >= 0.6 is 0 Å². The number of hydrogen-bond donors (Lipinski definition) is 2. The number of nitrogens with two attached hydrogens (primary N) is 1. The Morgan fingerprint density at radius 3 is 2.87 bits per heavy atom. The number of rotatable bonds is 2. The van der Waals surface area contributed by atoms with Crippen molar-refractivity contribution in [2.24, 2.45) is 5.73 Å². The van der Waals surface area contributed by atoms with E-state index in [1.165, 1.54) is 42.6 Å². The first-order valence-electron chi connectivity index (χ1n) is 6.10. The van der Waals surface area contributed by atoms with Gasteiger partial charge in [0.15, 0.2) is 0 Å². The van der Waals surface area contributed by atoms with Crippen molar-refractivity contribution in [1.29, 1.82) is 0 Å². The van der Waals surface area contributed by atoms with Crippen LogP contribution in [0.25, 0.3) is 0 Å². The molecule has 2 atom stereocenters. The third kappa shape index (κ3) is 1.49. The molecule has 0 saturated heterocycles. The molecule has 0 spiro atoms. The lowest BCUT2D eigenvalue weighted by molar-refractivity contribution is 0.480. The van der Waals surface area contributed by atoms with Crippen molar-refractivity contribution in [3.63, 3.8) is 0 Å². The fraction of sp³-hybridized carbons (Fsp3) is 0.750. The predicted molar refractivity (Wildman–Crippen MR) is 59.9 cm³/mol. The maximum atomic E-state index is 6.09. The van der Waals surface area contributed by atoms with Gasteiger partial charge >= 0.3 is 0 Å². The lowest BCUT2D eigenvalue weighted by Crippen LogP contribution is -2.28. The molecule has 3 heteroatoms. The van der Waals surface area contributed by atoms with E-state index in [1.54, 1.807) is 0 Å². The van der Waals surface area contributed by atoms with Gasteiger partial charge in [0, 0.05) is 29.1 Å². The first-order chi connectivity index (χ1) is 7.27. The lowest BCUT2D eigenvalue weighted by atomic mass is 9.81. The van der Waals surface area contributed by atoms with E-state index in [0.29, 0.717) is 5.92 Å². The van der Waals surface area contributed by atoms with Gasteiger partial charge in [-0.3, -0.25) is 5.10 Å². The highest BCUT2D eigenvalue weighted by Crippen LogP contribution is 2.45. The van der Waals surface area contributed by atoms with E-state index >= 15 is 0 Å². The van der Waals surface area contributed by atoms with Gasteiger partial charge in [0.25, 0.3) is 0 Å². The smallest absolute Gasteiger partial charge is 0.0691 e. The van der Waals surface area contributed by atoms with Crippen molar-refractivity contribution in [3.8, 4) is 0 Å². The second-order valence-corrected chi connectivity index (χ2v) is 5.13. The summed E-state index contributed by atoms with van der Waals surface area (Å²) in [6.45, 7) is 2.13. The number of aromatic nitrogens is 2. The molecule has 0 radical (unpaired) electrons. The summed E-state index contributed by atoms with van der Waals surface area (Å²) in [7, 11) is 0. The second kappa shape index (κ2) is 3.34. The molecular weight excluding hydrogens is 186 g/mol. The summed E-state index contributed by atoms with van der Waals surface area (Å²) in [5.74, 6) is 1.28. The topological polar surface area (TPSA) is 54.7 Å². The molecule has 1 heterocycles. The Hall–Kier alpha value is -0.830. The summed E-state index contributed by atoms with van der Waals surface area (Å²) in [5.41, 5.74) is 10.3. The maximum absolute atomic E-state index is 6.09. The average Bonchev–Trinajstić information content (AvgIpc) is 2.97.